The largest absolute Gasteiger partial charge is 0.291 e. The first kappa shape index (κ1) is 10.2. The van der Waals surface area contributed by atoms with E-state index in [2.05, 4.69) is 0 Å². The number of halogens is 2. The average Bonchev–Trinajstić information content (AvgIpc) is 2.18. The number of rotatable bonds is 4. The van der Waals surface area contributed by atoms with E-state index in [1.165, 1.54) is 0 Å². The molecule has 0 aliphatic carbocycles. The first-order chi connectivity index (χ1) is 6.25. The third kappa shape index (κ3) is 2.81. The fourth-order valence-corrected chi connectivity index (χ4v) is 1.20. The molecule has 0 heterocycles. The molecule has 1 nitrogen and oxygen atoms in total. The van der Waals surface area contributed by atoms with Gasteiger partial charge in [-0.15, -0.1) is 11.6 Å². The van der Waals surface area contributed by atoms with Crippen LogP contribution in [-0.2, 0) is 0 Å². The van der Waals surface area contributed by atoms with Gasteiger partial charge in [0.05, 0.1) is 0 Å². The summed E-state index contributed by atoms with van der Waals surface area (Å²) < 4.78 is 13.0. The fourth-order valence-electron chi connectivity index (χ4n) is 1.01. The molecule has 1 aromatic carbocycles. The maximum absolute atomic E-state index is 13.0. The van der Waals surface area contributed by atoms with E-state index in [9.17, 15) is 9.18 Å². The molecule has 0 aliphatic rings. The number of benzene rings is 1. The molecule has 0 saturated carbocycles. The smallest absolute Gasteiger partial charge is 0.196 e. The minimum atomic E-state index is -1.47. The zero-order chi connectivity index (χ0) is 9.68. The molecule has 0 amide bonds. The lowest BCUT2D eigenvalue weighted by molar-refractivity contribution is 0.0874. The van der Waals surface area contributed by atoms with E-state index in [-0.39, 0.29) is 12.3 Å². The van der Waals surface area contributed by atoms with Crippen LogP contribution < -0.4 is 0 Å². The molecule has 0 bridgehead atoms. The van der Waals surface area contributed by atoms with Crippen LogP contribution in [0.1, 0.15) is 16.8 Å². The highest BCUT2D eigenvalue weighted by atomic mass is 35.5. The van der Waals surface area contributed by atoms with Gasteiger partial charge in [0, 0.05) is 11.4 Å². The van der Waals surface area contributed by atoms with Crippen LogP contribution in [0.2, 0.25) is 0 Å². The Kier molecular flexibility index (Phi) is 3.90. The van der Waals surface area contributed by atoms with Crippen LogP contribution in [0, 0.1) is 0 Å². The van der Waals surface area contributed by atoms with Crippen molar-refractivity contribution < 1.29 is 9.18 Å². The number of ketones is 1. The summed E-state index contributed by atoms with van der Waals surface area (Å²) in [5, 5.41) is 0. The van der Waals surface area contributed by atoms with Crippen molar-refractivity contribution in [3.8, 4) is 0 Å². The number of carbonyl (C=O) groups excluding carboxylic acids is 1. The summed E-state index contributed by atoms with van der Waals surface area (Å²) in [6.45, 7) is 0. The number of hydrogen-bond acceptors (Lipinski definition) is 1. The predicted octanol–water partition coefficient (Wildman–Crippen LogP) is 2.84. The summed E-state index contributed by atoms with van der Waals surface area (Å²) in [7, 11) is 0. The van der Waals surface area contributed by atoms with Gasteiger partial charge in [0.15, 0.2) is 12.0 Å². The molecule has 1 aromatic rings. The summed E-state index contributed by atoms with van der Waals surface area (Å²) in [5.74, 6) is -0.319. The lowest BCUT2D eigenvalue weighted by Gasteiger charge is -2.04. The normalized spacial score (nSPS) is 12.5. The minimum Gasteiger partial charge on any atom is -0.291 e. The zero-order valence-electron chi connectivity index (χ0n) is 7.04. The van der Waals surface area contributed by atoms with E-state index in [1.54, 1.807) is 30.3 Å². The van der Waals surface area contributed by atoms with E-state index in [0.717, 1.165) is 0 Å². The van der Waals surface area contributed by atoms with Crippen molar-refractivity contribution in [1.82, 2.24) is 0 Å². The molecule has 3 heteroatoms. The van der Waals surface area contributed by atoms with E-state index in [0.29, 0.717) is 5.56 Å². The molecule has 1 rings (SSSR count). The van der Waals surface area contributed by atoms with E-state index in [4.69, 9.17) is 11.6 Å². The molecule has 1 unspecified atom stereocenters. The Morgan fingerprint density at radius 2 is 2.00 bits per heavy atom. The third-order valence-corrected chi connectivity index (χ3v) is 1.92. The van der Waals surface area contributed by atoms with E-state index >= 15 is 0 Å². The summed E-state index contributed by atoms with van der Waals surface area (Å²) in [6.07, 6.45) is -1.39. The van der Waals surface area contributed by atoms with Crippen molar-refractivity contribution >= 4 is 17.4 Å². The van der Waals surface area contributed by atoms with Gasteiger partial charge in [-0.2, -0.15) is 0 Å². The van der Waals surface area contributed by atoms with Gasteiger partial charge >= 0.3 is 0 Å². The Balaban J connectivity index is 2.68. The number of hydrogen-bond donors (Lipinski definition) is 0. The number of alkyl halides is 2. The molecule has 0 spiro atoms. The van der Waals surface area contributed by atoms with E-state index in [1.807, 2.05) is 0 Å². The lowest BCUT2D eigenvalue weighted by atomic mass is 10.1. The highest BCUT2D eigenvalue weighted by molar-refractivity contribution is 6.18. The summed E-state index contributed by atoms with van der Waals surface area (Å²) in [5.41, 5.74) is 0.403. The standard InChI is InChI=1S/C10H10ClFO/c11-7-6-9(12)10(13)8-4-2-1-3-5-8/h1-5,9H,6-7H2/i12-1. The Bertz CT molecular complexity index is 274. The number of Topliss-reactive ketones (excluding diaryl/α,β-unsaturated/α-hetero) is 1. The Morgan fingerprint density at radius 3 is 2.54 bits per heavy atom. The highest BCUT2D eigenvalue weighted by Gasteiger charge is 2.17. The SMILES string of the molecule is O=C(c1ccccc1)C([18F])CCCl. The van der Waals surface area contributed by atoms with Crippen LogP contribution in [-0.4, -0.2) is 17.8 Å². The quantitative estimate of drug-likeness (QED) is 0.538. The van der Waals surface area contributed by atoms with Crippen LogP contribution in [0.5, 0.6) is 0 Å². The van der Waals surface area contributed by atoms with Crippen LogP contribution >= 0.6 is 11.6 Å². The second kappa shape index (κ2) is 4.97. The third-order valence-electron chi connectivity index (χ3n) is 1.71. The van der Waals surface area contributed by atoms with Gasteiger partial charge in [-0.25, -0.2) is 4.39 Å². The second-order valence-electron chi connectivity index (χ2n) is 2.68. The summed E-state index contributed by atoms with van der Waals surface area (Å²) in [6, 6.07) is 8.40. The van der Waals surface area contributed by atoms with Gasteiger partial charge < -0.3 is 0 Å². The summed E-state index contributed by atoms with van der Waals surface area (Å²) in [4.78, 5) is 11.3. The number of carbonyl (C=O) groups is 1. The minimum absolute atomic E-state index is 0.0787. The molecule has 0 aromatic heterocycles. The van der Waals surface area contributed by atoms with Crippen molar-refractivity contribution in [2.24, 2.45) is 0 Å². The Morgan fingerprint density at radius 1 is 1.38 bits per heavy atom. The maximum Gasteiger partial charge on any atom is 0.196 e. The maximum atomic E-state index is 13.0. The Hall–Kier alpha value is -0.890. The molecular weight excluding hydrogens is 190 g/mol. The van der Waals surface area contributed by atoms with Crippen molar-refractivity contribution in [2.75, 3.05) is 5.88 Å². The Labute approximate surface area is 81.5 Å². The second-order valence-corrected chi connectivity index (χ2v) is 3.05. The van der Waals surface area contributed by atoms with Crippen LogP contribution in [0.25, 0.3) is 0 Å². The molecule has 0 radical (unpaired) electrons. The van der Waals surface area contributed by atoms with Gasteiger partial charge in [0.1, 0.15) is 0 Å². The van der Waals surface area contributed by atoms with Gasteiger partial charge in [0.25, 0.3) is 0 Å². The molecule has 13 heavy (non-hydrogen) atoms. The first-order valence-electron chi connectivity index (χ1n) is 4.05. The van der Waals surface area contributed by atoms with Gasteiger partial charge in [-0.05, 0) is 6.42 Å². The average molecular weight is 200 g/mol. The van der Waals surface area contributed by atoms with Crippen molar-refractivity contribution in [1.29, 1.82) is 0 Å². The van der Waals surface area contributed by atoms with Crippen LogP contribution in [0.15, 0.2) is 30.3 Å². The predicted molar refractivity (Wildman–Crippen MR) is 51.0 cm³/mol. The van der Waals surface area contributed by atoms with Crippen LogP contribution in [0.3, 0.4) is 0 Å². The lowest BCUT2D eigenvalue weighted by Crippen LogP contribution is -2.16. The van der Waals surface area contributed by atoms with Crippen molar-refractivity contribution in [3.63, 3.8) is 0 Å². The molecule has 70 valence electrons. The van der Waals surface area contributed by atoms with Crippen LogP contribution in [0.4, 0.5) is 4.39 Å². The molecule has 1 atom stereocenters. The van der Waals surface area contributed by atoms with E-state index < -0.39 is 12.0 Å². The van der Waals surface area contributed by atoms with Gasteiger partial charge in [-0.3, -0.25) is 4.79 Å². The molecule has 0 aliphatic heterocycles. The molecular formula is C10H10ClFO. The molecule has 0 N–H and O–H groups in total. The highest BCUT2D eigenvalue weighted by Crippen LogP contribution is 2.09. The van der Waals surface area contributed by atoms with Crippen molar-refractivity contribution in [3.05, 3.63) is 35.9 Å². The van der Waals surface area contributed by atoms with Gasteiger partial charge in [0.2, 0.25) is 0 Å². The van der Waals surface area contributed by atoms with Crippen molar-refractivity contribution in [2.45, 2.75) is 12.6 Å². The molecule has 0 fully saturated rings. The van der Waals surface area contributed by atoms with Gasteiger partial charge in [-0.1, -0.05) is 30.3 Å². The first-order valence-corrected chi connectivity index (χ1v) is 4.58. The molecule has 0 saturated heterocycles. The monoisotopic (exact) mass is 199 g/mol. The zero-order valence-corrected chi connectivity index (χ0v) is 7.80. The fraction of sp³-hybridized carbons (Fsp3) is 0.300. The summed E-state index contributed by atoms with van der Waals surface area (Å²) >= 11 is 5.34. The topological polar surface area (TPSA) is 17.1 Å².